The third kappa shape index (κ3) is 4.63. The highest BCUT2D eigenvalue weighted by Crippen LogP contribution is 2.31. The molecule has 24 heavy (non-hydrogen) atoms. The van der Waals surface area contributed by atoms with E-state index in [0.29, 0.717) is 13.2 Å². The number of hydrogen-bond acceptors (Lipinski definition) is 5. The average Bonchev–Trinajstić information content (AvgIpc) is 3.45. The molecule has 128 valence electrons. The van der Waals surface area contributed by atoms with E-state index in [4.69, 9.17) is 23.7 Å². The van der Waals surface area contributed by atoms with Crippen LogP contribution in [0.1, 0.15) is 6.92 Å². The van der Waals surface area contributed by atoms with Crippen molar-refractivity contribution in [3.05, 3.63) is 42.5 Å². The van der Waals surface area contributed by atoms with Gasteiger partial charge in [-0.05, 0) is 42.3 Å². The van der Waals surface area contributed by atoms with Crippen LogP contribution in [0, 0.1) is 0 Å². The van der Waals surface area contributed by atoms with E-state index in [0.717, 1.165) is 35.0 Å². The summed E-state index contributed by atoms with van der Waals surface area (Å²) in [5.74, 6) is 2.31. The molecule has 0 aliphatic carbocycles. The lowest BCUT2D eigenvalue weighted by Gasteiger charge is -2.11. The van der Waals surface area contributed by atoms with Crippen LogP contribution >= 0.6 is 0 Å². The second-order valence-corrected chi connectivity index (χ2v) is 5.44. The first-order valence-corrected chi connectivity index (χ1v) is 8.03. The monoisotopic (exact) mass is 330 g/mol. The molecule has 5 nitrogen and oxygen atoms in total. The molecular formula is C19H22O5. The largest absolute Gasteiger partial charge is 0.497 e. The van der Waals surface area contributed by atoms with Crippen molar-refractivity contribution in [3.8, 4) is 28.4 Å². The predicted octanol–water partition coefficient (Wildman–Crippen LogP) is 3.51. The van der Waals surface area contributed by atoms with Gasteiger partial charge in [-0.1, -0.05) is 12.1 Å². The van der Waals surface area contributed by atoms with Gasteiger partial charge in [-0.3, -0.25) is 0 Å². The van der Waals surface area contributed by atoms with Crippen molar-refractivity contribution in [2.75, 3.05) is 33.7 Å². The van der Waals surface area contributed by atoms with Crippen LogP contribution in [0.2, 0.25) is 0 Å². The summed E-state index contributed by atoms with van der Waals surface area (Å²) in [6.07, 6.45) is 0.224. The lowest BCUT2D eigenvalue weighted by molar-refractivity contribution is 0.0224. The molecule has 0 N–H and O–H groups in total. The first kappa shape index (κ1) is 16.6. The minimum absolute atomic E-state index is 0.224. The highest BCUT2D eigenvalue weighted by molar-refractivity contribution is 5.67. The zero-order valence-corrected chi connectivity index (χ0v) is 14.0. The van der Waals surface area contributed by atoms with E-state index in [2.05, 4.69) is 0 Å². The zero-order valence-electron chi connectivity index (χ0n) is 14.0. The maximum atomic E-state index is 5.78. The molecule has 3 rings (SSSR count). The fraction of sp³-hybridized carbons (Fsp3) is 0.368. The lowest BCUT2D eigenvalue weighted by Crippen LogP contribution is -2.04. The normalized spacial score (nSPS) is 15.8. The summed E-state index contributed by atoms with van der Waals surface area (Å²) in [4.78, 5) is 0. The third-order valence-electron chi connectivity index (χ3n) is 3.65. The van der Waals surface area contributed by atoms with E-state index in [1.54, 1.807) is 7.11 Å². The van der Waals surface area contributed by atoms with Gasteiger partial charge in [-0.15, -0.1) is 0 Å². The van der Waals surface area contributed by atoms with Crippen LogP contribution < -0.4 is 14.2 Å². The third-order valence-corrected chi connectivity index (χ3v) is 3.65. The Morgan fingerprint density at radius 1 is 0.958 bits per heavy atom. The van der Waals surface area contributed by atoms with Crippen molar-refractivity contribution in [1.29, 1.82) is 0 Å². The van der Waals surface area contributed by atoms with Crippen molar-refractivity contribution >= 4 is 0 Å². The van der Waals surface area contributed by atoms with E-state index in [9.17, 15) is 0 Å². The van der Waals surface area contributed by atoms with Gasteiger partial charge >= 0.3 is 0 Å². The average molecular weight is 330 g/mol. The molecule has 2 aromatic carbocycles. The van der Waals surface area contributed by atoms with Crippen LogP contribution in [0.15, 0.2) is 42.5 Å². The van der Waals surface area contributed by atoms with Gasteiger partial charge in [0.15, 0.2) is 6.79 Å². The quantitative estimate of drug-likeness (QED) is 0.400. The van der Waals surface area contributed by atoms with Gasteiger partial charge in [-0.25, -0.2) is 0 Å². The van der Waals surface area contributed by atoms with Gasteiger partial charge in [0.25, 0.3) is 0 Å². The number of hydrogen-bond donors (Lipinski definition) is 0. The summed E-state index contributed by atoms with van der Waals surface area (Å²) in [5, 5.41) is 0. The molecule has 1 fully saturated rings. The molecule has 0 amide bonds. The Balaban J connectivity index is 1.72. The van der Waals surface area contributed by atoms with Crippen molar-refractivity contribution in [2.45, 2.75) is 13.0 Å². The highest BCUT2D eigenvalue weighted by atomic mass is 16.7. The number of epoxide rings is 1. The molecule has 1 atom stereocenters. The zero-order chi connectivity index (χ0) is 16.8. The molecule has 1 aliphatic rings. The summed E-state index contributed by atoms with van der Waals surface area (Å²) in [6.45, 7) is 4.17. The molecule has 0 aromatic heterocycles. The van der Waals surface area contributed by atoms with Crippen molar-refractivity contribution < 1.29 is 23.7 Å². The van der Waals surface area contributed by atoms with Crippen molar-refractivity contribution in [3.63, 3.8) is 0 Å². The number of rotatable bonds is 9. The first-order chi connectivity index (χ1) is 11.8. The molecular weight excluding hydrogens is 308 g/mol. The summed E-state index contributed by atoms with van der Waals surface area (Å²) in [6, 6.07) is 13.7. The van der Waals surface area contributed by atoms with E-state index in [1.807, 2.05) is 49.4 Å². The molecule has 5 heteroatoms. The van der Waals surface area contributed by atoms with Crippen molar-refractivity contribution in [2.24, 2.45) is 0 Å². The number of methoxy groups -OCH3 is 1. The molecule has 1 heterocycles. The van der Waals surface area contributed by atoms with Gasteiger partial charge in [0.05, 0.1) is 13.7 Å². The number of ether oxygens (including phenoxy) is 5. The van der Waals surface area contributed by atoms with Crippen LogP contribution in [0.25, 0.3) is 11.1 Å². The minimum Gasteiger partial charge on any atom is -0.497 e. The van der Waals surface area contributed by atoms with Gasteiger partial charge in [-0.2, -0.15) is 0 Å². The van der Waals surface area contributed by atoms with Crippen LogP contribution in [0.4, 0.5) is 0 Å². The first-order valence-electron chi connectivity index (χ1n) is 8.03. The maximum Gasteiger partial charge on any atom is 0.189 e. The van der Waals surface area contributed by atoms with E-state index < -0.39 is 0 Å². The summed E-state index contributed by atoms with van der Waals surface area (Å²) >= 11 is 0. The Labute approximate surface area is 142 Å². The lowest BCUT2D eigenvalue weighted by atomic mass is 10.0. The predicted molar refractivity (Wildman–Crippen MR) is 90.8 cm³/mol. The number of benzene rings is 2. The molecule has 0 radical (unpaired) electrons. The standard InChI is InChI=1S/C19H22O5/c1-3-21-13-24-16-6-4-14(5-7-16)15-8-17(20-2)10-18(9-15)22-11-19-12-23-19/h4-10,19H,3,11-13H2,1-2H3. The summed E-state index contributed by atoms with van der Waals surface area (Å²) < 4.78 is 27.0. The van der Waals surface area contributed by atoms with Crippen LogP contribution in [0.3, 0.4) is 0 Å². The Morgan fingerprint density at radius 3 is 2.38 bits per heavy atom. The molecule has 0 bridgehead atoms. The Kier molecular flexibility index (Phi) is 5.56. The van der Waals surface area contributed by atoms with Gasteiger partial charge in [0.2, 0.25) is 0 Å². The second kappa shape index (κ2) is 8.04. The van der Waals surface area contributed by atoms with E-state index in [1.165, 1.54) is 0 Å². The molecule has 1 saturated heterocycles. The summed E-state index contributed by atoms with van der Waals surface area (Å²) in [7, 11) is 1.65. The van der Waals surface area contributed by atoms with Crippen LogP contribution in [-0.2, 0) is 9.47 Å². The van der Waals surface area contributed by atoms with Crippen molar-refractivity contribution in [1.82, 2.24) is 0 Å². The highest BCUT2D eigenvalue weighted by Gasteiger charge is 2.23. The van der Waals surface area contributed by atoms with Crippen LogP contribution in [0.5, 0.6) is 17.2 Å². The Bertz CT molecular complexity index is 649. The smallest absolute Gasteiger partial charge is 0.189 e. The van der Waals surface area contributed by atoms with Gasteiger partial charge < -0.3 is 23.7 Å². The van der Waals surface area contributed by atoms with Gasteiger partial charge in [0.1, 0.15) is 30.0 Å². The molecule has 2 aromatic rings. The molecule has 1 aliphatic heterocycles. The fourth-order valence-electron chi connectivity index (χ4n) is 2.23. The van der Waals surface area contributed by atoms with E-state index >= 15 is 0 Å². The molecule has 0 spiro atoms. The Morgan fingerprint density at radius 2 is 1.71 bits per heavy atom. The SMILES string of the molecule is CCOCOc1ccc(-c2cc(OC)cc(OCC3CO3)c2)cc1. The molecule has 1 unspecified atom stereocenters. The molecule has 0 saturated carbocycles. The second-order valence-electron chi connectivity index (χ2n) is 5.44. The van der Waals surface area contributed by atoms with Crippen LogP contribution in [-0.4, -0.2) is 39.8 Å². The topological polar surface area (TPSA) is 49.5 Å². The summed E-state index contributed by atoms with van der Waals surface area (Å²) in [5.41, 5.74) is 2.09. The fourth-order valence-corrected chi connectivity index (χ4v) is 2.23. The van der Waals surface area contributed by atoms with Gasteiger partial charge in [0, 0.05) is 12.7 Å². The van der Waals surface area contributed by atoms with E-state index in [-0.39, 0.29) is 12.9 Å². The minimum atomic E-state index is 0.224. The Hall–Kier alpha value is -2.24. The maximum absolute atomic E-state index is 5.78.